The minimum atomic E-state index is -0.812. The predicted molar refractivity (Wildman–Crippen MR) is 102 cm³/mol. The molecule has 0 radical (unpaired) electrons. The summed E-state index contributed by atoms with van der Waals surface area (Å²) in [6.07, 6.45) is 3.27. The van der Waals surface area contributed by atoms with E-state index >= 15 is 0 Å². The molecule has 0 aromatic carbocycles. The first-order chi connectivity index (χ1) is 11.9. The van der Waals surface area contributed by atoms with Crippen molar-refractivity contribution in [1.82, 2.24) is 0 Å². The van der Waals surface area contributed by atoms with Crippen LogP contribution in [0.15, 0.2) is 9.85 Å². The Balaban J connectivity index is 3.34. The smallest absolute Gasteiger partial charge is 0.350 e. The van der Waals surface area contributed by atoms with E-state index in [-0.39, 0.29) is 16.7 Å². The molecule has 142 valence electrons. The molecule has 0 aliphatic carbocycles. The second kappa shape index (κ2) is 10.9. The first-order valence-corrected chi connectivity index (χ1v) is 9.98. The summed E-state index contributed by atoms with van der Waals surface area (Å²) in [7, 11) is 1.28. The van der Waals surface area contributed by atoms with Crippen molar-refractivity contribution in [3.63, 3.8) is 0 Å². The van der Waals surface area contributed by atoms with Crippen molar-refractivity contribution in [2.24, 2.45) is 5.92 Å². The average Bonchev–Trinajstić information content (AvgIpc) is 3.00. The molecule has 1 heterocycles. The van der Waals surface area contributed by atoms with E-state index in [0.717, 1.165) is 30.6 Å². The summed E-state index contributed by atoms with van der Waals surface area (Å²) in [5, 5.41) is 19.3. The average molecular weight is 436 g/mol. The van der Waals surface area contributed by atoms with Crippen molar-refractivity contribution in [1.29, 1.82) is 0 Å². The van der Waals surface area contributed by atoms with E-state index in [1.54, 1.807) is 6.07 Å². The number of aliphatic hydroxyl groups excluding tert-OH is 2. The number of unbranched alkanes of at least 4 members (excludes halogenated alkanes) is 1. The SMILES string of the molecule is CCCCC(CC)C(=O)N(c1cc(Br)sc1C(=O)OC)C(CO)CO. The van der Waals surface area contributed by atoms with Gasteiger partial charge in [0.05, 0.1) is 35.8 Å². The van der Waals surface area contributed by atoms with Gasteiger partial charge in [-0.2, -0.15) is 0 Å². The van der Waals surface area contributed by atoms with E-state index in [4.69, 9.17) is 4.74 Å². The molecule has 0 spiro atoms. The Labute approximate surface area is 160 Å². The van der Waals surface area contributed by atoms with Gasteiger partial charge in [-0.1, -0.05) is 26.7 Å². The van der Waals surface area contributed by atoms with Crippen molar-refractivity contribution in [2.75, 3.05) is 25.2 Å². The zero-order valence-electron chi connectivity index (χ0n) is 14.8. The van der Waals surface area contributed by atoms with Crippen LogP contribution in [0, 0.1) is 5.92 Å². The molecule has 25 heavy (non-hydrogen) atoms. The van der Waals surface area contributed by atoms with E-state index in [1.807, 2.05) is 6.92 Å². The lowest BCUT2D eigenvalue weighted by molar-refractivity contribution is -0.123. The van der Waals surface area contributed by atoms with Crippen molar-refractivity contribution in [3.05, 3.63) is 14.7 Å². The molecule has 2 N–H and O–H groups in total. The molecule has 1 aromatic heterocycles. The minimum Gasteiger partial charge on any atom is -0.465 e. The lowest BCUT2D eigenvalue weighted by Gasteiger charge is -2.32. The summed E-state index contributed by atoms with van der Waals surface area (Å²) in [6, 6.07) is 0.841. The third kappa shape index (κ3) is 5.51. The molecule has 0 saturated heterocycles. The van der Waals surface area contributed by atoms with E-state index in [1.165, 1.54) is 12.0 Å². The van der Waals surface area contributed by atoms with Crippen LogP contribution in [0.3, 0.4) is 0 Å². The second-order valence-electron chi connectivity index (χ2n) is 5.73. The van der Waals surface area contributed by atoms with Crippen molar-refractivity contribution < 1.29 is 24.5 Å². The number of hydrogen-bond donors (Lipinski definition) is 2. The molecule has 1 unspecified atom stereocenters. The van der Waals surface area contributed by atoms with Gasteiger partial charge >= 0.3 is 5.97 Å². The first-order valence-electron chi connectivity index (χ1n) is 8.37. The topological polar surface area (TPSA) is 87.1 Å². The van der Waals surface area contributed by atoms with Gasteiger partial charge in [-0.15, -0.1) is 11.3 Å². The lowest BCUT2D eigenvalue weighted by atomic mass is 9.96. The molecule has 0 aliphatic heterocycles. The maximum absolute atomic E-state index is 13.2. The molecule has 1 rings (SSSR count). The molecule has 6 nitrogen and oxygen atoms in total. The Hall–Kier alpha value is -0.960. The Bertz CT molecular complexity index is 573. The van der Waals surface area contributed by atoms with Gasteiger partial charge in [0.15, 0.2) is 0 Å². The van der Waals surface area contributed by atoms with Crippen LogP contribution in [0.25, 0.3) is 0 Å². The highest BCUT2D eigenvalue weighted by molar-refractivity contribution is 9.11. The quantitative estimate of drug-likeness (QED) is 0.550. The van der Waals surface area contributed by atoms with Gasteiger partial charge in [0, 0.05) is 5.92 Å². The number of halogens is 1. The molecular weight excluding hydrogens is 410 g/mol. The van der Waals surface area contributed by atoms with Gasteiger partial charge in [-0.05, 0) is 34.8 Å². The Morgan fingerprint density at radius 2 is 1.96 bits per heavy atom. The summed E-state index contributed by atoms with van der Waals surface area (Å²) in [5.41, 5.74) is 0.358. The first kappa shape index (κ1) is 22.1. The van der Waals surface area contributed by atoms with Crippen LogP contribution in [0.2, 0.25) is 0 Å². The number of rotatable bonds is 10. The number of anilines is 1. The maximum atomic E-state index is 13.2. The third-order valence-corrected chi connectivity index (χ3v) is 5.69. The van der Waals surface area contributed by atoms with Crippen LogP contribution in [-0.4, -0.2) is 48.5 Å². The number of methoxy groups -OCH3 is 1. The standard InChI is InChI=1S/C17H26BrNO5S/c1-4-6-7-11(5-2)16(22)19(12(9-20)10-21)13-8-14(18)25-15(13)17(23)24-3/h8,11-12,20-21H,4-7,9-10H2,1-3H3. The second-order valence-corrected chi connectivity index (χ2v) is 8.16. The van der Waals surface area contributed by atoms with Crippen LogP contribution in [-0.2, 0) is 9.53 Å². The van der Waals surface area contributed by atoms with Gasteiger partial charge < -0.3 is 19.8 Å². The lowest BCUT2D eigenvalue weighted by Crippen LogP contribution is -2.48. The predicted octanol–water partition coefficient (Wildman–Crippen LogP) is 3.20. The molecule has 0 saturated carbocycles. The van der Waals surface area contributed by atoms with Crippen molar-refractivity contribution >= 4 is 44.8 Å². The van der Waals surface area contributed by atoms with Crippen LogP contribution in [0.4, 0.5) is 5.69 Å². The third-order valence-electron chi connectivity index (χ3n) is 4.08. The number of hydrogen-bond acceptors (Lipinski definition) is 6. The molecule has 8 heteroatoms. The molecule has 1 atom stereocenters. The number of aliphatic hydroxyl groups is 2. The van der Waals surface area contributed by atoms with Crippen LogP contribution in [0.1, 0.15) is 49.2 Å². The highest BCUT2D eigenvalue weighted by Gasteiger charge is 2.33. The fourth-order valence-corrected chi connectivity index (χ4v) is 4.13. The maximum Gasteiger partial charge on any atom is 0.350 e. The Morgan fingerprint density at radius 3 is 2.44 bits per heavy atom. The zero-order valence-corrected chi connectivity index (χ0v) is 17.2. The number of thiophene rings is 1. The molecular formula is C17H26BrNO5S. The van der Waals surface area contributed by atoms with Gasteiger partial charge in [0.25, 0.3) is 0 Å². The van der Waals surface area contributed by atoms with Gasteiger partial charge in [-0.25, -0.2) is 4.79 Å². The summed E-state index contributed by atoms with van der Waals surface area (Å²) >= 11 is 4.49. The fourth-order valence-electron chi connectivity index (χ4n) is 2.64. The van der Waals surface area contributed by atoms with E-state index in [9.17, 15) is 19.8 Å². The van der Waals surface area contributed by atoms with Crippen molar-refractivity contribution in [2.45, 2.75) is 45.6 Å². The summed E-state index contributed by atoms with van der Waals surface area (Å²) in [4.78, 5) is 26.9. The molecule has 0 fully saturated rings. The Kier molecular flexibility index (Phi) is 9.63. The fraction of sp³-hybridized carbons (Fsp3) is 0.647. The number of ether oxygens (including phenoxy) is 1. The van der Waals surface area contributed by atoms with Gasteiger partial charge in [0.1, 0.15) is 4.88 Å². The largest absolute Gasteiger partial charge is 0.465 e. The zero-order chi connectivity index (χ0) is 19.0. The monoisotopic (exact) mass is 435 g/mol. The number of esters is 1. The number of amides is 1. The van der Waals surface area contributed by atoms with Crippen LogP contribution < -0.4 is 4.90 Å². The normalized spacial score (nSPS) is 12.3. The summed E-state index contributed by atoms with van der Waals surface area (Å²) in [5.74, 6) is -0.982. The molecule has 0 aliphatic rings. The van der Waals surface area contributed by atoms with Crippen LogP contribution >= 0.6 is 27.3 Å². The summed E-state index contributed by atoms with van der Waals surface area (Å²) < 4.78 is 5.47. The van der Waals surface area contributed by atoms with Crippen molar-refractivity contribution in [3.8, 4) is 0 Å². The van der Waals surface area contributed by atoms with Crippen LogP contribution in [0.5, 0.6) is 0 Å². The van der Waals surface area contributed by atoms with Gasteiger partial charge in [-0.3, -0.25) is 4.79 Å². The number of carbonyl (C=O) groups excluding carboxylic acids is 2. The summed E-state index contributed by atoms with van der Waals surface area (Å²) in [6.45, 7) is 3.19. The van der Waals surface area contributed by atoms with E-state index < -0.39 is 25.2 Å². The Morgan fingerprint density at radius 1 is 1.32 bits per heavy atom. The minimum absolute atomic E-state index is 0.195. The highest BCUT2D eigenvalue weighted by atomic mass is 79.9. The van der Waals surface area contributed by atoms with Gasteiger partial charge in [0.2, 0.25) is 5.91 Å². The highest BCUT2D eigenvalue weighted by Crippen LogP contribution is 2.36. The van der Waals surface area contributed by atoms with E-state index in [0.29, 0.717) is 15.9 Å². The van der Waals surface area contributed by atoms with E-state index in [2.05, 4.69) is 22.9 Å². The molecule has 1 aromatic rings. The number of nitrogens with zero attached hydrogens (tertiary/aromatic N) is 1. The molecule has 0 bridgehead atoms. The number of carbonyl (C=O) groups is 2. The molecule has 1 amide bonds.